The first-order valence-electron chi connectivity index (χ1n) is 15.4. The van der Waals surface area contributed by atoms with Crippen molar-refractivity contribution in [1.29, 1.82) is 0 Å². The van der Waals surface area contributed by atoms with Crippen molar-refractivity contribution in [2.24, 2.45) is 0 Å². The number of thiazole rings is 1. The number of ether oxygens (including phenoxy) is 2. The van der Waals surface area contributed by atoms with Crippen molar-refractivity contribution in [1.82, 2.24) is 29.7 Å². The largest absolute Gasteiger partial charge is 0.484 e. The maximum absolute atomic E-state index is 12.4. The lowest BCUT2D eigenvalue weighted by Gasteiger charge is -2.37. The maximum Gasteiger partial charge on any atom is 0.260 e. The van der Waals surface area contributed by atoms with Gasteiger partial charge in [0.15, 0.2) is 6.61 Å². The predicted molar refractivity (Wildman–Crippen MR) is 166 cm³/mol. The number of amides is 1. The Balaban J connectivity index is 0.998. The number of hydrogen-bond acceptors (Lipinski definition) is 9. The molecular weight excluding hydrogens is 562 g/mol. The van der Waals surface area contributed by atoms with Crippen molar-refractivity contribution in [3.8, 4) is 27.7 Å². The fourth-order valence-corrected chi connectivity index (χ4v) is 7.47. The van der Waals surface area contributed by atoms with E-state index in [0.29, 0.717) is 26.3 Å². The highest BCUT2D eigenvalue weighted by Gasteiger charge is 2.33. The molecule has 0 unspecified atom stereocenters. The predicted octanol–water partition coefficient (Wildman–Crippen LogP) is 3.69. The molecule has 0 atom stereocenters. The molecule has 7 rings (SSSR count). The van der Waals surface area contributed by atoms with Gasteiger partial charge in [-0.15, -0.1) is 16.4 Å². The molecular formula is C32H39N7O3S. The van der Waals surface area contributed by atoms with E-state index in [-0.39, 0.29) is 12.5 Å². The number of morpholine rings is 1. The van der Waals surface area contributed by atoms with Crippen LogP contribution in [0.15, 0.2) is 30.6 Å². The molecule has 2 fully saturated rings. The number of aryl methyl sites for hydroxylation is 2. The summed E-state index contributed by atoms with van der Waals surface area (Å²) in [4.78, 5) is 29.9. The lowest BCUT2D eigenvalue weighted by atomic mass is 9.93. The minimum atomic E-state index is 0.0101. The van der Waals surface area contributed by atoms with Crippen molar-refractivity contribution in [2.45, 2.75) is 46.1 Å². The average molecular weight is 602 g/mol. The molecule has 0 N–H and O–H groups in total. The second-order valence-electron chi connectivity index (χ2n) is 11.7. The zero-order chi connectivity index (χ0) is 29.3. The molecule has 0 radical (unpaired) electrons. The van der Waals surface area contributed by atoms with Crippen LogP contribution in [0.2, 0.25) is 0 Å². The van der Waals surface area contributed by atoms with Gasteiger partial charge in [0.2, 0.25) is 0 Å². The Morgan fingerprint density at radius 2 is 1.72 bits per heavy atom. The molecule has 43 heavy (non-hydrogen) atoms. The molecule has 2 aliphatic carbocycles. The summed E-state index contributed by atoms with van der Waals surface area (Å²) < 4.78 is 11.1. The van der Waals surface area contributed by atoms with Crippen molar-refractivity contribution in [3.63, 3.8) is 0 Å². The summed E-state index contributed by atoms with van der Waals surface area (Å²) in [7, 11) is 0. The highest BCUT2D eigenvalue weighted by molar-refractivity contribution is 7.15. The lowest BCUT2D eigenvalue weighted by Crippen LogP contribution is -2.51. The molecule has 2 aromatic rings. The van der Waals surface area contributed by atoms with Gasteiger partial charge in [-0.25, -0.2) is 9.97 Å². The Morgan fingerprint density at radius 1 is 0.977 bits per heavy atom. The highest BCUT2D eigenvalue weighted by atomic mass is 32.1. The van der Waals surface area contributed by atoms with Gasteiger partial charge in [-0.05, 0) is 68.4 Å². The molecule has 2 saturated heterocycles. The summed E-state index contributed by atoms with van der Waals surface area (Å²) in [6, 6.07) is 8.13. The molecule has 0 saturated carbocycles. The van der Waals surface area contributed by atoms with Crippen LogP contribution in [-0.2, 0) is 28.9 Å². The standard InChI is InChI=1S/C32H39N7O3S/c1-22-23(2)43-32(35-22)29-26-5-3-4-6-27(26)31-30(29)33-21-34-39(31)38-13-11-36(12-14-38)19-24-7-9-25(10-8-24)42-20-28(40)37-15-17-41-18-16-37/h7-10,21H,3-6,11-20H2,1-2H3. The van der Waals surface area contributed by atoms with Gasteiger partial charge in [-0.2, -0.15) is 4.79 Å². The Morgan fingerprint density at radius 3 is 2.44 bits per heavy atom. The smallest absolute Gasteiger partial charge is 0.260 e. The second-order valence-corrected chi connectivity index (χ2v) is 12.9. The van der Waals surface area contributed by atoms with Gasteiger partial charge >= 0.3 is 0 Å². The summed E-state index contributed by atoms with van der Waals surface area (Å²) in [6.45, 7) is 11.3. The van der Waals surface area contributed by atoms with Crippen LogP contribution in [-0.4, -0.2) is 94.7 Å². The van der Waals surface area contributed by atoms with Gasteiger partial charge in [-0.1, -0.05) is 12.1 Å². The molecule has 5 aliphatic rings. The molecule has 0 spiro atoms. The third-order valence-corrected chi connectivity index (χ3v) is 10.1. The molecule has 4 heterocycles. The molecule has 11 heteroatoms. The Kier molecular flexibility index (Phi) is 8.03. The first-order valence-corrected chi connectivity index (χ1v) is 16.2. The van der Waals surface area contributed by atoms with Crippen LogP contribution >= 0.6 is 11.3 Å². The first-order chi connectivity index (χ1) is 21.0. The summed E-state index contributed by atoms with van der Waals surface area (Å²) in [5.41, 5.74) is 8.65. The zero-order valence-electron chi connectivity index (χ0n) is 25.0. The molecule has 0 bridgehead atoms. The first kappa shape index (κ1) is 28.2. The van der Waals surface area contributed by atoms with Crippen LogP contribution in [0, 0.1) is 13.8 Å². The second kappa shape index (κ2) is 12.2. The maximum atomic E-state index is 12.4. The average Bonchev–Trinajstić information content (AvgIpc) is 3.57. The monoisotopic (exact) mass is 601 g/mol. The van der Waals surface area contributed by atoms with E-state index in [0.717, 1.165) is 67.7 Å². The van der Waals surface area contributed by atoms with E-state index in [1.54, 1.807) is 22.6 Å². The number of hydrogen-bond donors (Lipinski definition) is 0. The van der Waals surface area contributed by atoms with Gasteiger partial charge in [-0.3, -0.25) is 14.7 Å². The van der Waals surface area contributed by atoms with Gasteiger partial charge in [0.1, 0.15) is 28.5 Å². The summed E-state index contributed by atoms with van der Waals surface area (Å²) >= 11 is 1.78. The zero-order valence-corrected chi connectivity index (χ0v) is 25.9. The van der Waals surface area contributed by atoms with E-state index in [1.165, 1.54) is 45.7 Å². The molecule has 1 aromatic carbocycles. The molecule has 1 aromatic heterocycles. The van der Waals surface area contributed by atoms with Gasteiger partial charge in [0.05, 0.1) is 18.9 Å². The summed E-state index contributed by atoms with van der Waals surface area (Å²) in [5, 5.41) is 8.27. The number of benzene rings is 1. The van der Waals surface area contributed by atoms with Crippen LogP contribution in [0.25, 0.3) is 22.0 Å². The van der Waals surface area contributed by atoms with E-state index < -0.39 is 0 Å². The van der Waals surface area contributed by atoms with Gasteiger partial charge in [0.25, 0.3) is 5.91 Å². The van der Waals surface area contributed by atoms with E-state index in [4.69, 9.17) is 24.5 Å². The number of rotatable bonds is 7. The van der Waals surface area contributed by atoms with Crippen molar-refractivity contribution < 1.29 is 14.3 Å². The lowest BCUT2D eigenvalue weighted by molar-refractivity contribution is -0.137. The van der Waals surface area contributed by atoms with Crippen LogP contribution in [0.4, 0.5) is 0 Å². The number of nitrogens with zero attached hydrogens (tertiary/aromatic N) is 7. The Hall–Kier alpha value is -3.54. The van der Waals surface area contributed by atoms with E-state index in [2.05, 4.69) is 40.7 Å². The highest BCUT2D eigenvalue weighted by Crippen LogP contribution is 2.46. The van der Waals surface area contributed by atoms with E-state index >= 15 is 0 Å². The van der Waals surface area contributed by atoms with Gasteiger partial charge < -0.3 is 14.4 Å². The third kappa shape index (κ3) is 5.73. The summed E-state index contributed by atoms with van der Waals surface area (Å²) in [5.74, 6) is 0.732. The fourth-order valence-electron chi connectivity index (χ4n) is 6.49. The number of aromatic nitrogens is 4. The van der Waals surface area contributed by atoms with E-state index in [1.807, 2.05) is 12.1 Å². The van der Waals surface area contributed by atoms with Crippen LogP contribution < -0.4 is 9.75 Å². The molecule has 3 aliphatic heterocycles. The SMILES string of the molecule is Cc1nc(-c2c3ncnn(N4CCN(Cc5ccc(OCC(=O)N6CCOCC6)cc5)CC4)c-3c3c2CCCC3)sc1C. The van der Waals surface area contributed by atoms with Crippen molar-refractivity contribution in [2.75, 3.05) is 64.1 Å². The van der Waals surface area contributed by atoms with Crippen molar-refractivity contribution in [3.05, 3.63) is 57.9 Å². The minimum Gasteiger partial charge on any atom is -0.484 e. The fraction of sp³-hybridized carbons (Fsp3) is 0.500. The number of fused-ring (bicyclic) bond motifs is 3. The van der Waals surface area contributed by atoms with E-state index in [9.17, 15) is 4.79 Å². The van der Waals surface area contributed by atoms with Crippen molar-refractivity contribution >= 4 is 17.2 Å². The third-order valence-electron chi connectivity index (χ3n) is 8.98. The van der Waals surface area contributed by atoms with Crippen LogP contribution in [0.1, 0.15) is 40.1 Å². The quantitative estimate of drug-likeness (QED) is 0.317. The van der Waals surface area contributed by atoms with Gasteiger partial charge in [0, 0.05) is 56.3 Å². The Labute approximate surface area is 256 Å². The van der Waals surface area contributed by atoms with Crippen LogP contribution in [0.5, 0.6) is 5.75 Å². The number of piperazine rings is 1. The molecule has 226 valence electrons. The number of carbonyl (C=O) groups excluding carboxylic acids is 1. The normalized spacial score (nSPS) is 17.8. The number of carbonyl (C=O) groups is 1. The topological polar surface area (TPSA) is 88.8 Å². The molecule has 1 amide bonds. The molecule has 10 nitrogen and oxygen atoms in total. The summed E-state index contributed by atoms with van der Waals surface area (Å²) in [6.07, 6.45) is 6.29. The van der Waals surface area contributed by atoms with Crippen LogP contribution in [0.3, 0.4) is 0 Å². The minimum absolute atomic E-state index is 0.0101. The Bertz CT molecular complexity index is 1530.